The highest BCUT2D eigenvalue weighted by atomic mass is 16.6. The van der Waals surface area contributed by atoms with Gasteiger partial charge in [0.1, 0.15) is 5.65 Å². The molecule has 0 spiro atoms. The molecule has 4 aromatic rings. The maximum Gasteiger partial charge on any atom is 0.271 e. The fourth-order valence-corrected chi connectivity index (χ4v) is 2.92. The number of aryl methyl sites for hydroxylation is 1. The van der Waals surface area contributed by atoms with Gasteiger partial charge in [0.25, 0.3) is 5.69 Å². The molecule has 0 N–H and O–H groups in total. The summed E-state index contributed by atoms with van der Waals surface area (Å²) in [4.78, 5) is 15.0. The van der Waals surface area contributed by atoms with Gasteiger partial charge >= 0.3 is 0 Å². The standard InChI is InChI=1S/C18H15N5O2/c1-12-8-15(23(24)25)9-17(13(12)2)21-6-7-22-18(21)10-16(20-22)14-4-3-5-19-11-14/h3-11H,1-2H3. The molecular formula is C18H15N5O2. The van der Waals surface area contributed by atoms with Crippen LogP contribution in [0.4, 0.5) is 5.69 Å². The van der Waals surface area contributed by atoms with Crippen molar-refractivity contribution in [1.82, 2.24) is 19.2 Å². The van der Waals surface area contributed by atoms with Gasteiger partial charge in [-0.3, -0.25) is 19.7 Å². The molecule has 7 heteroatoms. The summed E-state index contributed by atoms with van der Waals surface area (Å²) in [5.74, 6) is 0. The maximum absolute atomic E-state index is 11.2. The van der Waals surface area contributed by atoms with Crippen molar-refractivity contribution in [2.75, 3.05) is 0 Å². The Labute approximate surface area is 143 Å². The van der Waals surface area contributed by atoms with Crippen molar-refractivity contribution in [1.29, 1.82) is 0 Å². The molecule has 0 saturated carbocycles. The molecule has 3 heterocycles. The number of nitro benzene ring substituents is 1. The van der Waals surface area contributed by atoms with Crippen LogP contribution in [0.3, 0.4) is 0 Å². The predicted octanol–water partition coefficient (Wildman–Crippen LogP) is 3.71. The van der Waals surface area contributed by atoms with Gasteiger partial charge in [0.2, 0.25) is 0 Å². The van der Waals surface area contributed by atoms with Crippen molar-refractivity contribution in [3.63, 3.8) is 0 Å². The molecule has 0 amide bonds. The molecule has 7 nitrogen and oxygen atoms in total. The van der Waals surface area contributed by atoms with Gasteiger partial charge < -0.3 is 0 Å². The number of imidazole rings is 1. The minimum Gasteiger partial charge on any atom is -0.300 e. The summed E-state index contributed by atoms with van der Waals surface area (Å²) in [5.41, 5.74) is 5.29. The lowest BCUT2D eigenvalue weighted by Gasteiger charge is -2.10. The summed E-state index contributed by atoms with van der Waals surface area (Å²) in [7, 11) is 0. The quantitative estimate of drug-likeness (QED) is 0.423. The lowest BCUT2D eigenvalue weighted by Crippen LogP contribution is -2.00. The first-order valence-electron chi connectivity index (χ1n) is 7.78. The Morgan fingerprint density at radius 2 is 2.00 bits per heavy atom. The van der Waals surface area contributed by atoms with E-state index in [0.717, 1.165) is 33.7 Å². The number of nitrogens with zero attached hydrogens (tertiary/aromatic N) is 5. The van der Waals surface area contributed by atoms with Crippen LogP contribution in [0.25, 0.3) is 22.6 Å². The Kier molecular flexibility index (Phi) is 3.35. The van der Waals surface area contributed by atoms with E-state index in [1.807, 2.05) is 49.0 Å². The van der Waals surface area contributed by atoms with Crippen LogP contribution in [0, 0.1) is 24.0 Å². The van der Waals surface area contributed by atoms with E-state index in [9.17, 15) is 10.1 Å². The Hall–Kier alpha value is -3.48. The number of non-ortho nitro benzene ring substituents is 1. The van der Waals surface area contributed by atoms with Crippen molar-refractivity contribution in [3.8, 4) is 16.9 Å². The lowest BCUT2D eigenvalue weighted by molar-refractivity contribution is -0.384. The van der Waals surface area contributed by atoms with E-state index < -0.39 is 0 Å². The van der Waals surface area contributed by atoms with Crippen molar-refractivity contribution in [2.45, 2.75) is 13.8 Å². The molecule has 0 fully saturated rings. The van der Waals surface area contributed by atoms with Gasteiger partial charge in [-0.15, -0.1) is 0 Å². The first kappa shape index (κ1) is 15.1. The molecule has 0 radical (unpaired) electrons. The minimum absolute atomic E-state index is 0.0805. The van der Waals surface area contributed by atoms with Gasteiger partial charge in [0, 0.05) is 48.5 Å². The third-order valence-corrected chi connectivity index (χ3v) is 4.37. The minimum atomic E-state index is -0.367. The lowest BCUT2D eigenvalue weighted by atomic mass is 10.1. The van der Waals surface area contributed by atoms with E-state index in [1.165, 1.54) is 0 Å². The zero-order chi connectivity index (χ0) is 17.6. The summed E-state index contributed by atoms with van der Waals surface area (Å²) in [6.07, 6.45) is 7.17. The molecule has 0 bridgehead atoms. The van der Waals surface area contributed by atoms with E-state index >= 15 is 0 Å². The Balaban J connectivity index is 1.91. The summed E-state index contributed by atoms with van der Waals surface area (Å²) >= 11 is 0. The predicted molar refractivity (Wildman–Crippen MR) is 93.9 cm³/mol. The third kappa shape index (κ3) is 2.46. The van der Waals surface area contributed by atoms with Gasteiger partial charge in [-0.05, 0) is 37.1 Å². The van der Waals surface area contributed by atoms with Crippen LogP contribution in [0.5, 0.6) is 0 Å². The van der Waals surface area contributed by atoms with Crippen molar-refractivity contribution < 1.29 is 4.92 Å². The van der Waals surface area contributed by atoms with Crippen LogP contribution in [0.1, 0.15) is 11.1 Å². The van der Waals surface area contributed by atoms with Gasteiger partial charge in [0.05, 0.1) is 16.3 Å². The Morgan fingerprint density at radius 3 is 2.72 bits per heavy atom. The number of fused-ring (bicyclic) bond motifs is 1. The molecule has 4 rings (SSSR count). The fraction of sp³-hybridized carbons (Fsp3) is 0.111. The van der Waals surface area contributed by atoms with Gasteiger partial charge in [0.15, 0.2) is 0 Å². The molecule has 3 aromatic heterocycles. The van der Waals surface area contributed by atoms with Crippen LogP contribution < -0.4 is 0 Å². The smallest absolute Gasteiger partial charge is 0.271 e. The normalized spacial score (nSPS) is 11.1. The second-order valence-electron chi connectivity index (χ2n) is 5.91. The molecule has 0 unspecified atom stereocenters. The highest BCUT2D eigenvalue weighted by molar-refractivity contribution is 5.66. The van der Waals surface area contributed by atoms with Crippen LogP contribution in [-0.4, -0.2) is 24.1 Å². The monoisotopic (exact) mass is 333 g/mol. The van der Waals surface area contributed by atoms with Crippen molar-refractivity contribution in [2.24, 2.45) is 0 Å². The summed E-state index contributed by atoms with van der Waals surface area (Å²) in [5, 5.41) is 15.8. The molecular weight excluding hydrogens is 318 g/mol. The van der Waals surface area contributed by atoms with Crippen molar-refractivity contribution >= 4 is 11.3 Å². The van der Waals surface area contributed by atoms with Crippen LogP contribution >= 0.6 is 0 Å². The SMILES string of the molecule is Cc1cc([N+](=O)[O-])cc(-n2ccn3nc(-c4cccnc4)cc23)c1C. The van der Waals surface area contributed by atoms with E-state index in [0.29, 0.717) is 0 Å². The highest BCUT2D eigenvalue weighted by Gasteiger charge is 2.16. The van der Waals surface area contributed by atoms with E-state index in [2.05, 4.69) is 10.1 Å². The van der Waals surface area contributed by atoms with Crippen LogP contribution in [0.15, 0.2) is 55.1 Å². The zero-order valence-corrected chi connectivity index (χ0v) is 13.7. The molecule has 0 atom stereocenters. The maximum atomic E-state index is 11.2. The molecule has 124 valence electrons. The van der Waals surface area contributed by atoms with Gasteiger partial charge in [-0.25, -0.2) is 4.52 Å². The number of nitro groups is 1. The first-order chi connectivity index (χ1) is 12.0. The molecule has 25 heavy (non-hydrogen) atoms. The molecule has 0 aliphatic rings. The largest absolute Gasteiger partial charge is 0.300 e. The average Bonchev–Trinajstić information content (AvgIpc) is 3.18. The third-order valence-electron chi connectivity index (χ3n) is 4.37. The summed E-state index contributed by atoms with van der Waals surface area (Å²) < 4.78 is 3.68. The molecule has 0 aliphatic carbocycles. The molecule has 0 aliphatic heterocycles. The summed E-state index contributed by atoms with van der Waals surface area (Å²) in [6, 6.07) is 8.95. The van der Waals surface area contributed by atoms with Gasteiger partial charge in [-0.2, -0.15) is 5.10 Å². The second kappa shape index (κ2) is 5.55. The number of hydrogen-bond donors (Lipinski definition) is 0. The highest BCUT2D eigenvalue weighted by Crippen LogP contribution is 2.28. The van der Waals surface area contributed by atoms with E-state index in [4.69, 9.17) is 0 Å². The topological polar surface area (TPSA) is 78.3 Å². The van der Waals surface area contributed by atoms with Crippen LogP contribution in [-0.2, 0) is 0 Å². The Bertz CT molecular complexity index is 1100. The number of benzene rings is 1. The van der Waals surface area contributed by atoms with E-state index in [-0.39, 0.29) is 10.6 Å². The Morgan fingerprint density at radius 1 is 1.16 bits per heavy atom. The number of hydrogen-bond acceptors (Lipinski definition) is 4. The molecule has 0 saturated heterocycles. The molecule has 1 aromatic carbocycles. The fourth-order valence-electron chi connectivity index (χ4n) is 2.92. The summed E-state index contributed by atoms with van der Waals surface area (Å²) in [6.45, 7) is 3.84. The number of rotatable bonds is 3. The zero-order valence-electron chi connectivity index (χ0n) is 13.7. The number of aromatic nitrogens is 4. The average molecular weight is 333 g/mol. The van der Waals surface area contributed by atoms with Crippen molar-refractivity contribution in [3.05, 3.63) is 76.4 Å². The van der Waals surface area contributed by atoms with E-state index in [1.54, 1.807) is 29.0 Å². The van der Waals surface area contributed by atoms with Gasteiger partial charge in [-0.1, -0.05) is 0 Å². The van der Waals surface area contributed by atoms with Crippen LogP contribution in [0.2, 0.25) is 0 Å². The second-order valence-corrected chi connectivity index (χ2v) is 5.91. The first-order valence-corrected chi connectivity index (χ1v) is 7.78. The number of pyridine rings is 1.